The van der Waals surface area contributed by atoms with E-state index in [4.69, 9.17) is 4.74 Å². The highest BCUT2D eigenvalue weighted by Crippen LogP contribution is 2.71. The van der Waals surface area contributed by atoms with Crippen molar-refractivity contribution in [3.8, 4) is 0 Å². The van der Waals surface area contributed by atoms with Gasteiger partial charge < -0.3 is 20.1 Å². The van der Waals surface area contributed by atoms with Crippen molar-refractivity contribution in [2.45, 2.75) is 112 Å². The summed E-state index contributed by atoms with van der Waals surface area (Å²) in [6, 6.07) is 0. The summed E-state index contributed by atoms with van der Waals surface area (Å²) in [4.78, 5) is 65.5. The van der Waals surface area contributed by atoms with Gasteiger partial charge in [0, 0.05) is 53.6 Å². The summed E-state index contributed by atoms with van der Waals surface area (Å²) in [5, 5.41) is 31.9. The van der Waals surface area contributed by atoms with Crippen LogP contribution in [0.15, 0.2) is 11.1 Å². The van der Waals surface area contributed by atoms with Crippen molar-refractivity contribution in [1.82, 2.24) is 0 Å². The van der Waals surface area contributed by atoms with Crippen LogP contribution in [0.5, 0.6) is 0 Å². The van der Waals surface area contributed by atoms with Crippen LogP contribution in [-0.2, 0) is 28.7 Å². The third-order valence-corrected chi connectivity index (χ3v) is 12.0. The number of carboxylic acid groups (broad SMARTS) is 1. The Balaban J connectivity index is 1.87. The molecular weight excluding hydrogens is 528 g/mol. The smallest absolute Gasteiger partial charge is 0.306 e. The van der Waals surface area contributed by atoms with Crippen LogP contribution in [0.2, 0.25) is 0 Å². The zero-order valence-electron chi connectivity index (χ0n) is 25.6. The molecule has 2 saturated carbocycles. The number of ether oxygens (including phenoxy) is 1. The minimum atomic E-state index is -1.28. The van der Waals surface area contributed by atoms with Crippen LogP contribution in [0.3, 0.4) is 0 Å². The number of hydrogen-bond acceptors (Lipinski definition) is 8. The average Bonchev–Trinajstić information content (AvgIpc) is 3.07. The highest BCUT2D eigenvalue weighted by Gasteiger charge is 2.74. The number of rotatable bonds is 7. The van der Waals surface area contributed by atoms with E-state index in [2.05, 4.69) is 0 Å². The lowest BCUT2D eigenvalue weighted by molar-refractivity contribution is -0.178. The van der Waals surface area contributed by atoms with Crippen LogP contribution in [-0.4, -0.2) is 62.9 Å². The molecule has 228 valence electrons. The summed E-state index contributed by atoms with van der Waals surface area (Å²) in [7, 11) is 0. The van der Waals surface area contributed by atoms with E-state index in [1.165, 1.54) is 13.8 Å². The number of hydrogen-bond donors (Lipinski definition) is 3. The number of carbonyl (C=O) groups excluding carboxylic acids is 4. The van der Waals surface area contributed by atoms with Crippen LogP contribution in [0.1, 0.15) is 93.9 Å². The highest BCUT2D eigenvalue weighted by molar-refractivity contribution is 6.13. The fraction of sp³-hybridized carbons (Fsp3) is 0.781. The van der Waals surface area contributed by atoms with Crippen LogP contribution in [0.25, 0.3) is 0 Å². The minimum absolute atomic E-state index is 0.0351. The summed E-state index contributed by atoms with van der Waals surface area (Å²) in [5.74, 6) is -4.63. The molecule has 1 unspecified atom stereocenters. The molecule has 0 amide bonds. The van der Waals surface area contributed by atoms with Crippen LogP contribution < -0.4 is 0 Å². The van der Waals surface area contributed by atoms with E-state index in [0.717, 1.165) is 0 Å². The minimum Gasteiger partial charge on any atom is -0.481 e. The number of aliphatic hydroxyl groups excluding tert-OH is 2. The number of aliphatic carboxylic acids is 1. The van der Waals surface area contributed by atoms with Crippen molar-refractivity contribution in [2.75, 3.05) is 0 Å². The van der Waals surface area contributed by atoms with Gasteiger partial charge in [-0.2, -0.15) is 0 Å². The Morgan fingerprint density at radius 2 is 1.59 bits per heavy atom. The molecule has 3 N–H and O–H groups in total. The first-order valence-electron chi connectivity index (χ1n) is 14.9. The van der Waals surface area contributed by atoms with Crippen molar-refractivity contribution in [2.24, 2.45) is 45.3 Å². The van der Waals surface area contributed by atoms with Gasteiger partial charge in [0.1, 0.15) is 5.78 Å². The molecule has 10 atom stereocenters. The second kappa shape index (κ2) is 10.1. The quantitative estimate of drug-likeness (QED) is 0.386. The molecular formula is C32H46O9. The Morgan fingerprint density at radius 1 is 0.976 bits per heavy atom. The Bertz CT molecular complexity index is 1220. The summed E-state index contributed by atoms with van der Waals surface area (Å²) < 4.78 is 5.84. The van der Waals surface area contributed by atoms with Gasteiger partial charge in [-0.1, -0.05) is 48.5 Å². The topological polar surface area (TPSA) is 155 Å². The normalized spacial score (nSPS) is 41.2. The molecule has 2 fully saturated rings. The molecule has 0 aliphatic heterocycles. The van der Waals surface area contributed by atoms with E-state index in [9.17, 15) is 39.3 Å². The molecule has 4 rings (SSSR count). The molecule has 41 heavy (non-hydrogen) atoms. The monoisotopic (exact) mass is 574 g/mol. The summed E-state index contributed by atoms with van der Waals surface area (Å²) in [5.41, 5.74) is -3.21. The van der Waals surface area contributed by atoms with Crippen molar-refractivity contribution < 1.29 is 44.0 Å². The van der Waals surface area contributed by atoms with Gasteiger partial charge in [-0.15, -0.1) is 0 Å². The summed E-state index contributed by atoms with van der Waals surface area (Å²) >= 11 is 0. The first-order chi connectivity index (χ1) is 18.8. The number of carbonyl (C=O) groups is 5. The second-order valence-corrected chi connectivity index (χ2v) is 14.6. The molecule has 0 bridgehead atoms. The third kappa shape index (κ3) is 4.36. The zero-order chi connectivity index (χ0) is 31.0. The number of aliphatic hydroxyl groups is 2. The van der Waals surface area contributed by atoms with Crippen molar-refractivity contribution >= 4 is 29.3 Å². The fourth-order valence-electron chi connectivity index (χ4n) is 9.44. The Labute approximate surface area is 242 Å². The van der Waals surface area contributed by atoms with Gasteiger partial charge in [-0.3, -0.25) is 24.0 Å². The predicted octanol–water partition coefficient (Wildman–Crippen LogP) is 3.67. The van der Waals surface area contributed by atoms with Crippen LogP contribution in [0.4, 0.5) is 0 Å². The molecule has 0 spiro atoms. The summed E-state index contributed by atoms with van der Waals surface area (Å²) in [6.07, 6.45) is -1.81. The molecule has 0 aromatic carbocycles. The SMILES string of the molecule is CC(=O)O[C@@H]1C(=O)C2=C(C(=O)C[C@H]3C(C)(C)[C@@H](O)CC[C@]23C)[C@]2(C)[C@H](O)C[C@H]([C@H](C)CC(=O)CC(C)C(=O)O)[C@@]12C. The number of esters is 1. The zero-order valence-corrected chi connectivity index (χ0v) is 25.6. The fourth-order valence-corrected chi connectivity index (χ4v) is 9.44. The van der Waals surface area contributed by atoms with E-state index in [0.29, 0.717) is 24.0 Å². The van der Waals surface area contributed by atoms with Gasteiger partial charge in [0.2, 0.25) is 5.78 Å². The van der Waals surface area contributed by atoms with Crippen LogP contribution in [0, 0.1) is 45.3 Å². The predicted molar refractivity (Wildman–Crippen MR) is 148 cm³/mol. The van der Waals surface area contributed by atoms with Gasteiger partial charge in [-0.25, -0.2) is 0 Å². The van der Waals surface area contributed by atoms with Crippen molar-refractivity contribution in [3.63, 3.8) is 0 Å². The lowest BCUT2D eigenvalue weighted by Gasteiger charge is -2.61. The maximum atomic E-state index is 14.6. The van der Waals surface area contributed by atoms with E-state index in [1.54, 1.807) is 13.8 Å². The molecule has 0 aromatic heterocycles. The Kier molecular flexibility index (Phi) is 7.78. The Hall–Kier alpha value is -2.39. The van der Waals surface area contributed by atoms with Gasteiger partial charge >= 0.3 is 11.9 Å². The molecule has 4 aliphatic carbocycles. The van der Waals surface area contributed by atoms with Gasteiger partial charge in [-0.05, 0) is 42.4 Å². The van der Waals surface area contributed by atoms with Crippen molar-refractivity contribution in [1.29, 1.82) is 0 Å². The third-order valence-electron chi connectivity index (χ3n) is 12.0. The molecule has 0 aromatic rings. The molecule has 0 radical (unpaired) electrons. The second-order valence-electron chi connectivity index (χ2n) is 14.6. The number of fused-ring (bicyclic) bond motifs is 4. The highest BCUT2D eigenvalue weighted by atomic mass is 16.5. The lowest BCUT2D eigenvalue weighted by Crippen LogP contribution is -2.65. The summed E-state index contributed by atoms with van der Waals surface area (Å²) in [6.45, 7) is 13.9. The average molecular weight is 575 g/mol. The van der Waals surface area contributed by atoms with Crippen LogP contribution >= 0.6 is 0 Å². The lowest BCUT2D eigenvalue weighted by atomic mass is 9.42. The first-order valence-corrected chi connectivity index (χ1v) is 14.9. The maximum absolute atomic E-state index is 14.6. The van der Waals surface area contributed by atoms with Gasteiger partial charge in [0.15, 0.2) is 11.9 Å². The van der Waals surface area contributed by atoms with Gasteiger partial charge in [0.05, 0.1) is 18.1 Å². The molecule has 9 heteroatoms. The number of ketones is 3. The van der Waals surface area contributed by atoms with E-state index in [1.807, 2.05) is 27.7 Å². The first kappa shape index (κ1) is 31.5. The standard InChI is InChI=1S/C32H46O9/c1-15(11-18(34)12-16(2)28(39)40)19-13-23(37)32(8)24-20(35)14-21-29(4,5)22(36)9-10-30(21,6)25(24)26(38)27(31(19,32)7)41-17(3)33/h15-16,19,21-23,27,36-37H,9-14H2,1-8H3,(H,39,40)/t15-,16?,19-,21+,22+,23-,27-,30+,31+,32+/m1/s1. The molecule has 4 aliphatic rings. The van der Waals surface area contributed by atoms with E-state index >= 15 is 0 Å². The molecule has 0 saturated heterocycles. The van der Waals surface area contributed by atoms with Gasteiger partial charge in [0.25, 0.3) is 0 Å². The maximum Gasteiger partial charge on any atom is 0.306 e. The van der Waals surface area contributed by atoms with E-state index in [-0.39, 0.29) is 49.1 Å². The molecule has 9 nitrogen and oxygen atoms in total. The largest absolute Gasteiger partial charge is 0.481 e. The molecule has 0 heterocycles. The van der Waals surface area contributed by atoms with E-state index < -0.39 is 69.5 Å². The Morgan fingerprint density at radius 3 is 2.15 bits per heavy atom. The van der Waals surface area contributed by atoms with Crippen molar-refractivity contribution in [3.05, 3.63) is 11.1 Å². The number of carboxylic acids is 1. The number of Topliss-reactive ketones (excluding diaryl/α,β-unsaturated/α-hetero) is 3.